The Balaban J connectivity index is 1.91. The second kappa shape index (κ2) is 7.92. The van der Waals surface area contributed by atoms with E-state index in [-0.39, 0.29) is 5.60 Å². The van der Waals surface area contributed by atoms with Gasteiger partial charge in [0.1, 0.15) is 17.1 Å². The highest BCUT2D eigenvalue weighted by molar-refractivity contribution is 5.46. The molecule has 1 heterocycles. The third-order valence-electron chi connectivity index (χ3n) is 4.92. The van der Waals surface area contributed by atoms with E-state index in [9.17, 15) is 5.11 Å². The Labute approximate surface area is 147 Å². The third-order valence-corrected chi connectivity index (χ3v) is 4.92. The lowest BCUT2D eigenvalue weighted by atomic mass is 9.88. The van der Waals surface area contributed by atoms with Crippen LogP contribution in [0.3, 0.4) is 0 Å². The van der Waals surface area contributed by atoms with Crippen molar-refractivity contribution in [2.75, 3.05) is 0 Å². The summed E-state index contributed by atoms with van der Waals surface area (Å²) >= 11 is 0. The van der Waals surface area contributed by atoms with Crippen molar-refractivity contribution in [1.82, 2.24) is 0 Å². The second-order valence-corrected chi connectivity index (χ2v) is 7.71. The van der Waals surface area contributed by atoms with Crippen LogP contribution in [-0.4, -0.2) is 10.7 Å². The fourth-order valence-electron chi connectivity index (χ4n) is 3.21. The number of ether oxygens (including phenoxy) is 1. The van der Waals surface area contributed by atoms with Crippen molar-refractivity contribution in [2.45, 2.75) is 78.7 Å². The van der Waals surface area contributed by atoms with Gasteiger partial charge in [-0.05, 0) is 96.4 Å². The number of phenols is 1. The summed E-state index contributed by atoms with van der Waals surface area (Å²) in [5.74, 6) is 1.32. The summed E-state index contributed by atoms with van der Waals surface area (Å²) in [7, 11) is 0. The van der Waals surface area contributed by atoms with Crippen molar-refractivity contribution in [2.24, 2.45) is 0 Å². The van der Waals surface area contributed by atoms with Crippen LogP contribution in [0.25, 0.3) is 0 Å². The molecule has 1 atom stereocenters. The maximum atomic E-state index is 9.85. The van der Waals surface area contributed by atoms with Crippen LogP contribution < -0.4 is 4.74 Å². The van der Waals surface area contributed by atoms with E-state index in [1.54, 1.807) is 0 Å². The van der Waals surface area contributed by atoms with Gasteiger partial charge < -0.3 is 9.84 Å². The summed E-state index contributed by atoms with van der Waals surface area (Å²) in [5.41, 5.74) is 4.77. The van der Waals surface area contributed by atoms with Crippen LogP contribution in [0, 0.1) is 6.92 Å². The molecule has 0 saturated carbocycles. The van der Waals surface area contributed by atoms with Crippen molar-refractivity contribution < 1.29 is 9.84 Å². The number of aryl methyl sites for hydroxylation is 2. The number of hydrogen-bond acceptors (Lipinski definition) is 2. The molecule has 1 aromatic carbocycles. The zero-order valence-electron chi connectivity index (χ0n) is 15.9. The lowest BCUT2D eigenvalue weighted by Gasteiger charge is -2.36. The SMILES string of the molecule is CC(C)=CCC/C(C)=C/CC[C@@]1(C)CCc2cc(O)c(C)cc2O1. The standard InChI is InChI=1S/C22H32O2/c1-16(2)8-6-9-17(3)10-7-12-22(5)13-11-19-15-20(23)18(4)14-21(19)24-22/h8,10,14-15,23H,6-7,9,11-13H2,1-5H3/b17-10+/t22-/m0/s1. The first-order valence-corrected chi connectivity index (χ1v) is 9.09. The number of rotatable bonds is 6. The quantitative estimate of drug-likeness (QED) is 0.625. The average molecular weight is 328 g/mol. The van der Waals surface area contributed by atoms with Crippen LogP contribution in [-0.2, 0) is 6.42 Å². The van der Waals surface area contributed by atoms with Gasteiger partial charge in [-0.3, -0.25) is 0 Å². The van der Waals surface area contributed by atoms with Gasteiger partial charge in [0, 0.05) is 0 Å². The smallest absolute Gasteiger partial charge is 0.123 e. The lowest BCUT2D eigenvalue weighted by Crippen LogP contribution is -2.36. The largest absolute Gasteiger partial charge is 0.508 e. The van der Waals surface area contributed by atoms with E-state index in [4.69, 9.17) is 4.74 Å². The van der Waals surface area contributed by atoms with Gasteiger partial charge in [-0.1, -0.05) is 23.3 Å². The number of benzene rings is 1. The molecule has 2 rings (SSSR count). The zero-order chi connectivity index (χ0) is 17.7. The highest BCUT2D eigenvalue weighted by Gasteiger charge is 2.31. The van der Waals surface area contributed by atoms with E-state index in [1.165, 1.54) is 11.1 Å². The molecule has 0 fully saturated rings. The molecular weight excluding hydrogens is 296 g/mol. The summed E-state index contributed by atoms with van der Waals surface area (Å²) in [6.45, 7) is 10.7. The fraction of sp³-hybridized carbons (Fsp3) is 0.545. The van der Waals surface area contributed by atoms with Crippen molar-refractivity contribution in [3.05, 3.63) is 46.6 Å². The van der Waals surface area contributed by atoms with Gasteiger partial charge in [0.25, 0.3) is 0 Å². The number of hydrogen-bond donors (Lipinski definition) is 1. The molecule has 1 N–H and O–H groups in total. The van der Waals surface area contributed by atoms with E-state index < -0.39 is 0 Å². The maximum absolute atomic E-state index is 9.85. The monoisotopic (exact) mass is 328 g/mol. The Morgan fingerprint density at radius 1 is 1.21 bits per heavy atom. The Bertz CT molecular complexity index is 636. The Morgan fingerprint density at radius 2 is 1.96 bits per heavy atom. The molecule has 132 valence electrons. The van der Waals surface area contributed by atoms with Gasteiger partial charge in [0.15, 0.2) is 0 Å². The van der Waals surface area contributed by atoms with Crippen LogP contribution in [0.1, 0.15) is 70.9 Å². The van der Waals surface area contributed by atoms with Gasteiger partial charge in [-0.25, -0.2) is 0 Å². The number of allylic oxidation sites excluding steroid dienone is 4. The number of aromatic hydroxyl groups is 1. The first kappa shape index (κ1) is 18.6. The second-order valence-electron chi connectivity index (χ2n) is 7.71. The molecule has 0 aliphatic carbocycles. The molecule has 1 aliphatic rings. The van der Waals surface area contributed by atoms with E-state index in [2.05, 4.69) is 39.8 Å². The number of fused-ring (bicyclic) bond motifs is 1. The van der Waals surface area contributed by atoms with Gasteiger partial charge in [-0.2, -0.15) is 0 Å². The molecule has 0 bridgehead atoms. The molecule has 2 nitrogen and oxygen atoms in total. The van der Waals surface area contributed by atoms with E-state index >= 15 is 0 Å². The molecule has 1 aliphatic heterocycles. The molecular formula is C22H32O2. The molecule has 0 amide bonds. The van der Waals surface area contributed by atoms with E-state index in [1.807, 2.05) is 19.1 Å². The molecule has 2 heteroatoms. The van der Waals surface area contributed by atoms with Crippen molar-refractivity contribution >= 4 is 0 Å². The molecule has 0 saturated heterocycles. The zero-order valence-corrected chi connectivity index (χ0v) is 15.9. The Morgan fingerprint density at radius 3 is 2.67 bits per heavy atom. The predicted molar refractivity (Wildman–Crippen MR) is 102 cm³/mol. The Hall–Kier alpha value is -1.70. The molecule has 0 aromatic heterocycles. The van der Waals surface area contributed by atoms with Crippen LogP contribution in [0.5, 0.6) is 11.5 Å². The molecule has 0 unspecified atom stereocenters. The summed E-state index contributed by atoms with van der Waals surface area (Å²) in [6, 6.07) is 3.83. The molecule has 0 radical (unpaired) electrons. The van der Waals surface area contributed by atoms with Crippen LogP contribution >= 0.6 is 0 Å². The van der Waals surface area contributed by atoms with Gasteiger partial charge in [0.05, 0.1) is 0 Å². The molecule has 24 heavy (non-hydrogen) atoms. The minimum Gasteiger partial charge on any atom is -0.508 e. The Kier molecular flexibility index (Phi) is 6.15. The minimum absolute atomic E-state index is 0.104. The van der Waals surface area contributed by atoms with E-state index in [0.717, 1.165) is 55.4 Å². The van der Waals surface area contributed by atoms with Crippen LogP contribution in [0.15, 0.2) is 35.4 Å². The van der Waals surface area contributed by atoms with E-state index in [0.29, 0.717) is 5.75 Å². The fourth-order valence-corrected chi connectivity index (χ4v) is 3.21. The predicted octanol–water partition coefficient (Wildman–Crippen LogP) is 6.26. The lowest BCUT2D eigenvalue weighted by molar-refractivity contribution is 0.0569. The normalized spacial score (nSPS) is 20.3. The maximum Gasteiger partial charge on any atom is 0.123 e. The van der Waals surface area contributed by atoms with Crippen molar-refractivity contribution in [3.8, 4) is 11.5 Å². The topological polar surface area (TPSA) is 29.5 Å². The average Bonchev–Trinajstić information content (AvgIpc) is 2.48. The molecule has 0 spiro atoms. The van der Waals surface area contributed by atoms with Crippen molar-refractivity contribution in [1.29, 1.82) is 0 Å². The van der Waals surface area contributed by atoms with Gasteiger partial charge in [-0.15, -0.1) is 0 Å². The highest BCUT2D eigenvalue weighted by Crippen LogP contribution is 2.38. The summed E-state index contributed by atoms with van der Waals surface area (Å²) in [4.78, 5) is 0. The van der Waals surface area contributed by atoms with Crippen LogP contribution in [0.4, 0.5) is 0 Å². The third kappa shape index (κ3) is 5.15. The minimum atomic E-state index is -0.104. The van der Waals surface area contributed by atoms with Gasteiger partial charge >= 0.3 is 0 Å². The summed E-state index contributed by atoms with van der Waals surface area (Å²) in [6.07, 6.45) is 11.0. The summed E-state index contributed by atoms with van der Waals surface area (Å²) in [5, 5.41) is 9.85. The van der Waals surface area contributed by atoms with Crippen LogP contribution in [0.2, 0.25) is 0 Å². The first-order chi connectivity index (χ1) is 11.3. The number of phenolic OH excluding ortho intramolecular Hbond substituents is 1. The van der Waals surface area contributed by atoms with Gasteiger partial charge in [0.2, 0.25) is 0 Å². The first-order valence-electron chi connectivity index (χ1n) is 9.09. The molecule has 1 aromatic rings. The summed E-state index contributed by atoms with van der Waals surface area (Å²) < 4.78 is 6.30. The van der Waals surface area contributed by atoms with Crippen molar-refractivity contribution in [3.63, 3.8) is 0 Å². The highest BCUT2D eigenvalue weighted by atomic mass is 16.5.